The van der Waals surface area contributed by atoms with Gasteiger partial charge in [0.05, 0.1) is 0 Å². The van der Waals surface area contributed by atoms with Crippen LogP contribution in [0.5, 0.6) is 0 Å². The van der Waals surface area contributed by atoms with Gasteiger partial charge in [-0.25, -0.2) is 0 Å². The second-order valence-electron chi connectivity index (χ2n) is 5.96. The topological polar surface area (TPSA) is 39.7 Å². The Morgan fingerprint density at radius 1 is 1.39 bits per heavy atom. The third-order valence-corrected chi connectivity index (χ3v) is 4.02. The lowest BCUT2D eigenvalue weighted by atomic mass is 9.99. The molecule has 2 atom stereocenters. The molecule has 0 spiro atoms. The molecule has 0 aromatic rings. The van der Waals surface area contributed by atoms with Crippen LogP contribution in [0.3, 0.4) is 0 Å². The first-order chi connectivity index (χ1) is 8.69. The summed E-state index contributed by atoms with van der Waals surface area (Å²) in [5.41, 5.74) is 0. The molecule has 0 amide bonds. The number of hydrogen-bond donors (Lipinski definition) is 2. The van der Waals surface area contributed by atoms with Gasteiger partial charge in [-0.05, 0) is 45.1 Å². The van der Waals surface area contributed by atoms with E-state index in [0.29, 0.717) is 12.1 Å². The minimum Gasteiger partial charge on any atom is -0.355 e. The molecule has 18 heavy (non-hydrogen) atoms. The third kappa shape index (κ3) is 4.16. The number of nitrogens with zero attached hydrogens (tertiary/aromatic N) is 2. The Hall–Kier alpha value is -0.770. The first-order valence-corrected chi connectivity index (χ1v) is 7.40. The van der Waals surface area contributed by atoms with Gasteiger partial charge in [0.15, 0.2) is 5.96 Å². The van der Waals surface area contributed by atoms with E-state index in [2.05, 4.69) is 34.4 Å². The van der Waals surface area contributed by atoms with Gasteiger partial charge in [0.1, 0.15) is 0 Å². The SMILES string of the molecule is CN=C(NCC(C)N1CCCC(C)C1)NC1CC1. The first-order valence-electron chi connectivity index (χ1n) is 7.40. The van der Waals surface area contributed by atoms with Crippen LogP contribution in [0, 0.1) is 5.92 Å². The predicted molar refractivity (Wildman–Crippen MR) is 77.0 cm³/mol. The number of rotatable bonds is 4. The molecule has 1 aliphatic carbocycles. The number of guanidine groups is 1. The van der Waals surface area contributed by atoms with E-state index >= 15 is 0 Å². The quantitative estimate of drug-likeness (QED) is 0.587. The summed E-state index contributed by atoms with van der Waals surface area (Å²) in [4.78, 5) is 6.88. The fourth-order valence-corrected chi connectivity index (χ4v) is 2.62. The molecule has 0 aromatic carbocycles. The van der Waals surface area contributed by atoms with Crippen molar-refractivity contribution < 1.29 is 0 Å². The molecular weight excluding hydrogens is 224 g/mol. The average molecular weight is 252 g/mol. The number of hydrogen-bond acceptors (Lipinski definition) is 2. The van der Waals surface area contributed by atoms with Crippen LogP contribution in [0.25, 0.3) is 0 Å². The van der Waals surface area contributed by atoms with Crippen molar-refractivity contribution in [3.63, 3.8) is 0 Å². The maximum atomic E-state index is 4.28. The summed E-state index contributed by atoms with van der Waals surface area (Å²) in [6.07, 6.45) is 5.32. The lowest BCUT2D eigenvalue weighted by Gasteiger charge is -2.35. The van der Waals surface area contributed by atoms with Crippen LogP contribution in [-0.4, -0.2) is 49.6 Å². The van der Waals surface area contributed by atoms with Gasteiger partial charge in [0, 0.05) is 32.2 Å². The van der Waals surface area contributed by atoms with Gasteiger partial charge in [-0.2, -0.15) is 0 Å². The summed E-state index contributed by atoms with van der Waals surface area (Å²) in [6.45, 7) is 8.16. The zero-order valence-corrected chi connectivity index (χ0v) is 12.1. The van der Waals surface area contributed by atoms with Crippen LogP contribution in [0.1, 0.15) is 39.5 Å². The molecule has 4 nitrogen and oxygen atoms in total. The van der Waals surface area contributed by atoms with E-state index in [-0.39, 0.29) is 0 Å². The van der Waals surface area contributed by atoms with Gasteiger partial charge in [0.2, 0.25) is 0 Å². The molecule has 1 saturated carbocycles. The third-order valence-electron chi connectivity index (χ3n) is 4.02. The molecule has 104 valence electrons. The lowest BCUT2D eigenvalue weighted by Crippen LogP contribution is -2.48. The van der Waals surface area contributed by atoms with Gasteiger partial charge in [-0.1, -0.05) is 6.92 Å². The molecule has 2 unspecified atom stereocenters. The molecule has 1 aliphatic heterocycles. The zero-order chi connectivity index (χ0) is 13.0. The fourth-order valence-electron chi connectivity index (χ4n) is 2.62. The van der Waals surface area contributed by atoms with E-state index in [4.69, 9.17) is 0 Å². The summed E-state index contributed by atoms with van der Waals surface area (Å²) >= 11 is 0. The summed E-state index contributed by atoms with van der Waals surface area (Å²) < 4.78 is 0. The highest BCUT2D eigenvalue weighted by atomic mass is 15.2. The molecule has 0 radical (unpaired) electrons. The molecule has 2 fully saturated rings. The standard InChI is InChI=1S/C14H28N4/c1-11-5-4-8-18(10-11)12(2)9-16-14(15-3)17-13-6-7-13/h11-13H,4-10H2,1-3H3,(H2,15,16,17). The van der Waals surface area contributed by atoms with Crippen LogP contribution in [0.2, 0.25) is 0 Å². The normalized spacial score (nSPS) is 27.9. The highest BCUT2D eigenvalue weighted by Gasteiger charge is 2.23. The summed E-state index contributed by atoms with van der Waals surface area (Å²) in [6, 6.07) is 1.26. The summed E-state index contributed by atoms with van der Waals surface area (Å²) in [5, 5.41) is 6.88. The van der Waals surface area contributed by atoms with Crippen molar-refractivity contribution in [3.05, 3.63) is 0 Å². The van der Waals surface area contributed by atoms with Crippen LogP contribution >= 0.6 is 0 Å². The minimum absolute atomic E-state index is 0.588. The Balaban J connectivity index is 1.70. The van der Waals surface area contributed by atoms with Gasteiger partial charge >= 0.3 is 0 Å². The number of aliphatic imine (C=N–C) groups is 1. The van der Waals surface area contributed by atoms with Crippen molar-refractivity contribution in [1.82, 2.24) is 15.5 Å². The molecule has 2 N–H and O–H groups in total. The monoisotopic (exact) mass is 252 g/mol. The molecule has 4 heteroatoms. The maximum absolute atomic E-state index is 4.28. The minimum atomic E-state index is 0.588. The number of nitrogens with one attached hydrogen (secondary N) is 2. The smallest absolute Gasteiger partial charge is 0.191 e. The van der Waals surface area contributed by atoms with E-state index in [0.717, 1.165) is 18.4 Å². The first kappa shape index (κ1) is 13.7. The van der Waals surface area contributed by atoms with Crippen LogP contribution in [-0.2, 0) is 0 Å². The molecule has 1 saturated heterocycles. The predicted octanol–water partition coefficient (Wildman–Crippen LogP) is 1.43. The van der Waals surface area contributed by atoms with Crippen LogP contribution in [0.4, 0.5) is 0 Å². The highest BCUT2D eigenvalue weighted by Crippen LogP contribution is 2.18. The Kier molecular flexibility index (Phi) is 4.87. The molecule has 0 aromatic heterocycles. The van der Waals surface area contributed by atoms with Gasteiger partial charge < -0.3 is 10.6 Å². The van der Waals surface area contributed by atoms with Crippen molar-refractivity contribution in [2.24, 2.45) is 10.9 Å². The van der Waals surface area contributed by atoms with Crippen molar-refractivity contribution in [2.45, 2.75) is 51.6 Å². The maximum Gasteiger partial charge on any atom is 0.191 e. The molecule has 2 aliphatic rings. The van der Waals surface area contributed by atoms with E-state index in [1.807, 2.05) is 7.05 Å². The Morgan fingerprint density at radius 3 is 2.78 bits per heavy atom. The van der Waals surface area contributed by atoms with Crippen molar-refractivity contribution in [3.8, 4) is 0 Å². The molecule has 2 rings (SSSR count). The lowest BCUT2D eigenvalue weighted by molar-refractivity contribution is 0.139. The van der Waals surface area contributed by atoms with E-state index in [9.17, 15) is 0 Å². The van der Waals surface area contributed by atoms with Gasteiger partial charge in [-0.3, -0.25) is 9.89 Å². The average Bonchev–Trinajstić information content (AvgIpc) is 3.18. The number of likely N-dealkylation sites (tertiary alicyclic amines) is 1. The van der Waals surface area contributed by atoms with Crippen LogP contribution in [0.15, 0.2) is 4.99 Å². The second kappa shape index (κ2) is 6.41. The van der Waals surface area contributed by atoms with Crippen molar-refractivity contribution in [1.29, 1.82) is 0 Å². The van der Waals surface area contributed by atoms with E-state index in [1.54, 1.807) is 0 Å². The van der Waals surface area contributed by atoms with E-state index in [1.165, 1.54) is 38.8 Å². The summed E-state index contributed by atoms with van der Waals surface area (Å²) in [7, 11) is 1.85. The summed E-state index contributed by atoms with van der Waals surface area (Å²) in [5.74, 6) is 1.82. The van der Waals surface area contributed by atoms with Crippen molar-refractivity contribution in [2.75, 3.05) is 26.7 Å². The fraction of sp³-hybridized carbons (Fsp3) is 0.929. The Morgan fingerprint density at radius 2 is 2.17 bits per heavy atom. The van der Waals surface area contributed by atoms with E-state index < -0.39 is 0 Å². The molecular formula is C14H28N4. The largest absolute Gasteiger partial charge is 0.355 e. The number of piperidine rings is 1. The molecule has 1 heterocycles. The Bertz CT molecular complexity index is 286. The van der Waals surface area contributed by atoms with Crippen molar-refractivity contribution >= 4 is 5.96 Å². The zero-order valence-electron chi connectivity index (χ0n) is 12.1. The highest BCUT2D eigenvalue weighted by molar-refractivity contribution is 5.80. The van der Waals surface area contributed by atoms with Gasteiger partial charge in [-0.15, -0.1) is 0 Å². The Labute approximate surface area is 111 Å². The molecule has 0 bridgehead atoms. The van der Waals surface area contributed by atoms with Gasteiger partial charge in [0.25, 0.3) is 0 Å². The van der Waals surface area contributed by atoms with Crippen LogP contribution < -0.4 is 10.6 Å². The second-order valence-corrected chi connectivity index (χ2v) is 5.96.